The predicted octanol–water partition coefficient (Wildman–Crippen LogP) is 2.79. The molecule has 112 valence electrons. The minimum atomic E-state index is -0.878. The van der Waals surface area contributed by atoms with Crippen LogP contribution in [-0.4, -0.2) is 38.8 Å². The lowest BCUT2D eigenvalue weighted by molar-refractivity contribution is -0.139. The molecule has 0 radical (unpaired) electrons. The summed E-state index contributed by atoms with van der Waals surface area (Å²) in [4.78, 5) is 12.6. The van der Waals surface area contributed by atoms with Gasteiger partial charge in [0.25, 0.3) is 0 Å². The Balaban J connectivity index is 2.11. The normalized spacial score (nSPS) is 11.3. The van der Waals surface area contributed by atoms with Gasteiger partial charge < -0.3 is 9.52 Å². The van der Waals surface area contributed by atoms with E-state index in [1.807, 2.05) is 38.1 Å². The van der Waals surface area contributed by atoms with E-state index in [0.717, 1.165) is 10.0 Å². The van der Waals surface area contributed by atoms with E-state index in [1.54, 1.807) is 4.90 Å². The SMILES string of the molecule is CC(C)N(CC(=O)O)Cc1nnc(-c2ccc(Br)cc2)o1. The summed E-state index contributed by atoms with van der Waals surface area (Å²) in [5.41, 5.74) is 0.825. The number of halogens is 1. The number of aromatic nitrogens is 2. The fourth-order valence-corrected chi connectivity index (χ4v) is 2.06. The van der Waals surface area contributed by atoms with Crippen molar-refractivity contribution >= 4 is 21.9 Å². The minimum Gasteiger partial charge on any atom is -0.480 e. The van der Waals surface area contributed by atoms with Crippen LogP contribution in [-0.2, 0) is 11.3 Å². The Morgan fingerprint density at radius 1 is 1.33 bits per heavy atom. The van der Waals surface area contributed by atoms with Crippen molar-refractivity contribution < 1.29 is 14.3 Å². The second-order valence-corrected chi connectivity index (χ2v) is 5.82. The van der Waals surface area contributed by atoms with Crippen LogP contribution in [0.25, 0.3) is 11.5 Å². The van der Waals surface area contributed by atoms with Crippen LogP contribution in [0.3, 0.4) is 0 Å². The van der Waals surface area contributed by atoms with E-state index in [2.05, 4.69) is 26.1 Å². The highest BCUT2D eigenvalue weighted by Crippen LogP contribution is 2.21. The molecule has 0 fully saturated rings. The highest BCUT2D eigenvalue weighted by molar-refractivity contribution is 9.10. The lowest BCUT2D eigenvalue weighted by Gasteiger charge is -2.22. The predicted molar refractivity (Wildman–Crippen MR) is 80.6 cm³/mol. The van der Waals surface area contributed by atoms with Crippen LogP contribution in [0.4, 0.5) is 0 Å². The summed E-state index contributed by atoms with van der Waals surface area (Å²) in [6.07, 6.45) is 0. The number of carbonyl (C=O) groups is 1. The van der Waals surface area contributed by atoms with Gasteiger partial charge in [0, 0.05) is 16.1 Å². The van der Waals surface area contributed by atoms with Crippen LogP contribution < -0.4 is 0 Å². The summed E-state index contributed by atoms with van der Waals surface area (Å²) in [5.74, 6) is -0.0456. The number of carboxylic acid groups (broad SMARTS) is 1. The molecule has 0 bridgehead atoms. The third kappa shape index (κ3) is 4.37. The molecule has 0 saturated carbocycles. The zero-order valence-electron chi connectivity index (χ0n) is 11.8. The summed E-state index contributed by atoms with van der Waals surface area (Å²) in [6, 6.07) is 7.61. The first-order chi connectivity index (χ1) is 9.95. The summed E-state index contributed by atoms with van der Waals surface area (Å²) < 4.78 is 6.57. The molecule has 0 atom stereocenters. The van der Waals surface area contributed by atoms with Crippen LogP contribution in [0, 0.1) is 0 Å². The minimum absolute atomic E-state index is 0.0618. The van der Waals surface area contributed by atoms with Crippen LogP contribution in [0.2, 0.25) is 0 Å². The van der Waals surface area contributed by atoms with Crippen molar-refractivity contribution in [3.8, 4) is 11.5 Å². The van der Waals surface area contributed by atoms with E-state index in [-0.39, 0.29) is 12.6 Å². The molecule has 0 aliphatic rings. The van der Waals surface area contributed by atoms with Gasteiger partial charge in [0.1, 0.15) is 0 Å². The Labute approximate surface area is 130 Å². The lowest BCUT2D eigenvalue weighted by atomic mass is 10.2. The average molecular weight is 354 g/mol. The molecule has 1 N–H and O–H groups in total. The van der Waals surface area contributed by atoms with Crippen molar-refractivity contribution in [2.24, 2.45) is 0 Å². The van der Waals surface area contributed by atoms with Gasteiger partial charge in [-0.2, -0.15) is 0 Å². The standard InChI is InChI=1S/C14H16BrN3O3/c1-9(2)18(8-13(19)20)7-12-16-17-14(21-12)10-3-5-11(15)6-4-10/h3-6,9H,7-8H2,1-2H3,(H,19,20). The molecule has 0 saturated heterocycles. The van der Waals surface area contributed by atoms with Gasteiger partial charge in [-0.1, -0.05) is 15.9 Å². The van der Waals surface area contributed by atoms with E-state index in [1.165, 1.54) is 0 Å². The number of rotatable bonds is 6. The molecule has 21 heavy (non-hydrogen) atoms. The van der Waals surface area contributed by atoms with Crippen molar-refractivity contribution in [1.29, 1.82) is 0 Å². The Morgan fingerprint density at radius 2 is 2.00 bits per heavy atom. The number of aliphatic carboxylic acids is 1. The van der Waals surface area contributed by atoms with Gasteiger partial charge in [-0.25, -0.2) is 0 Å². The fraction of sp³-hybridized carbons (Fsp3) is 0.357. The third-order valence-corrected chi connectivity index (χ3v) is 3.49. The second-order valence-electron chi connectivity index (χ2n) is 4.90. The van der Waals surface area contributed by atoms with Gasteiger partial charge in [0.05, 0.1) is 13.1 Å². The molecular weight excluding hydrogens is 338 g/mol. The highest BCUT2D eigenvalue weighted by atomic mass is 79.9. The molecule has 0 spiro atoms. The first-order valence-electron chi connectivity index (χ1n) is 6.50. The molecule has 0 aliphatic heterocycles. The number of hydrogen-bond acceptors (Lipinski definition) is 5. The van der Waals surface area contributed by atoms with E-state index in [0.29, 0.717) is 18.3 Å². The third-order valence-electron chi connectivity index (χ3n) is 2.97. The Hall–Kier alpha value is -1.73. The monoisotopic (exact) mass is 353 g/mol. The van der Waals surface area contributed by atoms with Gasteiger partial charge in [-0.15, -0.1) is 10.2 Å². The van der Waals surface area contributed by atoms with Crippen LogP contribution in [0.1, 0.15) is 19.7 Å². The molecule has 0 aliphatic carbocycles. The molecule has 7 heteroatoms. The van der Waals surface area contributed by atoms with E-state index in [4.69, 9.17) is 9.52 Å². The molecule has 0 unspecified atom stereocenters. The molecule has 1 aromatic carbocycles. The zero-order chi connectivity index (χ0) is 15.4. The first-order valence-corrected chi connectivity index (χ1v) is 7.29. The van der Waals surface area contributed by atoms with Crippen molar-refractivity contribution in [2.45, 2.75) is 26.4 Å². The summed E-state index contributed by atoms with van der Waals surface area (Å²) in [7, 11) is 0. The molecular formula is C14H16BrN3O3. The first kappa shape index (κ1) is 15.7. The highest BCUT2D eigenvalue weighted by Gasteiger charge is 2.17. The maximum Gasteiger partial charge on any atom is 0.317 e. The average Bonchev–Trinajstić information content (AvgIpc) is 2.87. The topological polar surface area (TPSA) is 79.5 Å². The van der Waals surface area contributed by atoms with E-state index >= 15 is 0 Å². The van der Waals surface area contributed by atoms with Gasteiger partial charge in [-0.3, -0.25) is 9.69 Å². The molecule has 2 rings (SSSR count). The van der Waals surface area contributed by atoms with Gasteiger partial charge in [-0.05, 0) is 38.1 Å². The van der Waals surface area contributed by atoms with Gasteiger partial charge >= 0.3 is 5.97 Å². The van der Waals surface area contributed by atoms with Crippen LogP contribution in [0.15, 0.2) is 33.2 Å². The van der Waals surface area contributed by atoms with Crippen molar-refractivity contribution in [3.63, 3.8) is 0 Å². The second kappa shape index (κ2) is 6.82. The molecule has 0 amide bonds. The van der Waals surface area contributed by atoms with Gasteiger partial charge in [0.15, 0.2) is 0 Å². The Kier molecular flexibility index (Phi) is 5.08. The number of nitrogens with zero attached hydrogens (tertiary/aromatic N) is 3. The summed E-state index contributed by atoms with van der Waals surface area (Å²) in [5, 5.41) is 16.9. The van der Waals surface area contributed by atoms with Gasteiger partial charge in [0.2, 0.25) is 11.8 Å². The zero-order valence-corrected chi connectivity index (χ0v) is 13.4. The molecule has 2 aromatic rings. The Morgan fingerprint density at radius 3 is 2.57 bits per heavy atom. The Bertz CT molecular complexity index is 610. The molecule has 1 heterocycles. The smallest absolute Gasteiger partial charge is 0.317 e. The number of benzene rings is 1. The van der Waals surface area contributed by atoms with E-state index < -0.39 is 5.97 Å². The van der Waals surface area contributed by atoms with Crippen molar-refractivity contribution in [3.05, 3.63) is 34.6 Å². The lowest BCUT2D eigenvalue weighted by Crippen LogP contribution is -2.35. The summed E-state index contributed by atoms with van der Waals surface area (Å²) in [6.45, 7) is 4.10. The van der Waals surface area contributed by atoms with Crippen molar-refractivity contribution in [1.82, 2.24) is 15.1 Å². The van der Waals surface area contributed by atoms with Crippen LogP contribution in [0.5, 0.6) is 0 Å². The maximum absolute atomic E-state index is 10.9. The number of carboxylic acids is 1. The largest absolute Gasteiger partial charge is 0.480 e. The van der Waals surface area contributed by atoms with Crippen LogP contribution >= 0.6 is 15.9 Å². The fourth-order valence-electron chi connectivity index (χ4n) is 1.80. The van der Waals surface area contributed by atoms with E-state index in [9.17, 15) is 4.79 Å². The quantitative estimate of drug-likeness (QED) is 0.859. The number of hydrogen-bond donors (Lipinski definition) is 1. The summed E-state index contributed by atoms with van der Waals surface area (Å²) >= 11 is 3.37. The molecule has 1 aromatic heterocycles. The maximum atomic E-state index is 10.9. The molecule has 6 nitrogen and oxygen atoms in total. The van der Waals surface area contributed by atoms with Crippen molar-refractivity contribution in [2.75, 3.05) is 6.54 Å².